The number of rotatable bonds is 7. The molecule has 0 aliphatic carbocycles. The standard InChI is InChI=1S/C17H28FN3/c1-4-8-19-17(16-6-5-15(18)10-20-16)7-9-21-11-13(2)14(3)12-21/h5-6,10,13-14,17,19H,4,7-9,11-12H2,1-3H3. The van der Waals surface area contributed by atoms with E-state index in [1.165, 1.54) is 25.4 Å². The van der Waals surface area contributed by atoms with Crippen molar-refractivity contribution in [1.82, 2.24) is 15.2 Å². The lowest BCUT2D eigenvalue weighted by molar-refractivity contribution is 0.297. The highest BCUT2D eigenvalue weighted by atomic mass is 19.1. The summed E-state index contributed by atoms with van der Waals surface area (Å²) in [6.07, 6.45) is 3.43. The molecule has 2 heterocycles. The zero-order chi connectivity index (χ0) is 15.2. The molecule has 3 nitrogen and oxygen atoms in total. The molecule has 2 rings (SSSR count). The van der Waals surface area contributed by atoms with E-state index in [4.69, 9.17) is 0 Å². The molecular formula is C17H28FN3. The minimum absolute atomic E-state index is 0.219. The number of pyridine rings is 1. The Labute approximate surface area is 127 Å². The van der Waals surface area contributed by atoms with Crippen molar-refractivity contribution in [3.63, 3.8) is 0 Å². The lowest BCUT2D eigenvalue weighted by atomic mass is 10.0. The topological polar surface area (TPSA) is 28.2 Å². The predicted molar refractivity (Wildman–Crippen MR) is 84.6 cm³/mol. The van der Waals surface area contributed by atoms with Gasteiger partial charge in [0.25, 0.3) is 0 Å². The third-order valence-electron chi connectivity index (χ3n) is 4.55. The van der Waals surface area contributed by atoms with E-state index in [9.17, 15) is 4.39 Å². The first kappa shape index (κ1) is 16.4. The zero-order valence-corrected chi connectivity index (χ0v) is 13.5. The first-order chi connectivity index (χ1) is 10.1. The smallest absolute Gasteiger partial charge is 0.141 e. The van der Waals surface area contributed by atoms with Gasteiger partial charge in [0.2, 0.25) is 0 Å². The highest BCUT2D eigenvalue weighted by Gasteiger charge is 2.26. The third kappa shape index (κ3) is 4.75. The minimum atomic E-state index is -0.268. The summed E-state index contributed by atoms with van der Waals surface area (Å²) >= 11 is 0. The summed E-state index contributed by atoms with van der Waals surface area (Å²) in [6, 6.07) is 3.53. The van der Waals surface area contributed by atoms with Crippen LogP contribution in [0.25, 0.3) is 0 Å². The monoisotopic (exact) mass is 293 g/mol. The number of aromatic nitrogens is 1. The number of halogens is 1. The van der Waals surface area contributed by atoms with E-state index in [0.717, 1.165) is 43.5 Å². The van der Waals surface area contributed by atoms with Crippen LogP contribution in [0.1, 0.15) is 45.3 Å². The van der Waals surface area contributed by atoms with Gasteiger partial charge in [-0.1, -0.05) is 20.8 Å². The van der Waals surface area contributed by atoms with Crippen molar-refractivity contribution in [2.45, 2.75) is 39.7 Å². The van der Waals surface area contributed by atoms with Gasteiger partial charge in [0.15, 0.2) is 0 Å². The van der Waals surface area contributed by atoms with E-state index in [0.29, 0.717) is 0 Å². The van der Waals surface area contributed by atoms with Gasteiger partial charge >= 0.3 is 0 Å². The fraction of sp³-hybridized carbons (Fsp3) is 0.706. The average molecular weight is 293 g/mol. The summed E-state index contributed by atoms with van der Waals surface area (Å²) < 4.78 is 13.0. The Bertz CT molecular complexity index is 411. The third-order valence-corrected chi connectivity index (χ3v) is 4.55. The maximum Gasteiger partial charge on any atom is 0.141 e. The Morgan fingerprint density at radius 1 is 1.33 bits per heavy atom. The van der Waals surface area contributed by atoms with Crippen LogP contribution in [-0.2, 0) is 0 Å². The van der Waals surface area contributed by atoms with Gasteiger partial charge in [0.1, 0.15) is 5.82 Å². The Balaban J connectivity index is 1.92. The molecule has 0 spiro atoms. The van der Waals surface area contributed by atoms with Crippen molar-refractivity contribution < 1.29 is 4.39 Å². The summed E-state index contributed by atoms with van der Waals surface area (Å²) in [7, 11) is 0. The van der Waals surface area contributed by atoms with Crippen LogP contribution in [0.2, 0.25) is 0 Å². The van der Waals surface area contributed by atoms with E-state index in [-0.39, 0.29) is 11.9 Å². The summed E-state index contributed by atoms with van der Waals surface area (Å²) in [5.41, 5.74) is 0.949. The highest BCUT2D eigenvalue weighted by molar-refractivity contribution is 5.10. The van der Waals surface area contributed by atoms with E-state index < -0.39 is 0 Å². The van der Waals surface area contributed by atoms with Gasteiger partial charge in [0, 0.05) is 19.6 Å². The molecule has 118 valence electrons. The maximum absolute atomic E-state index is 13.0. The van der Waals surface area contributed by atoms with Crippen LogP contribution in [-0.4, -0.2) is 36.1 Å². The van der Waals surface area contributed by atoms with E-state index in [1.54, 1.807) is 6.07 Å². The predicted octanol–water partition coefficient (Wildman–Crippen LogP) is 3.24. The molecule has 0 bridgehead atoms. The number of nitrogens with zero attached hydrogens (tertiary/aromatic N) is 2. The van der Waals surface area contributed by atoms with Crippen molar-refractivity contribution >= 4 is 0 Å². The van der Waals surface area contributed by atoms with Crippen molar-refractivity contribution in [1.29, 1.82) is 0 Å². The average Bonchev–Trinajstić information content (AvgIpc) is 2.79. The van der Waals surface area contributed by atoms with Gasteiger partial charge in [-0.05, 0) is 43.4 Å². The van der Waals surface area contributed by atoms with Gasteiger partial charge in [-0.3, -0.25) is 4.98 Å². The van der Waals surface area contributed by atoms with Gasteiger partial charge in [-0.25, -0.2) is 4.39 Å². The molecule has 21 heavy (non-hydrogen) atoms. The molecule has 1 fully saturated rings. The summed E-state index contributed by atoms with van der Waals surface area (Å²) in [5, 5.41) is 3.54. The van der Waals surface area contributed by atoms with Crippen LogP contribution in [0.4, 0.5) is 4.39 Å². The molecule has 1 aliphatic heterocycles. The van der Waals surface area contributed by atoms with Crippen molar-refractivity contribution in [2.24, 2.45) is 11.8 Å². The number of hydrogen-bond donors (Lipinski definition) is 1. The van der Waals surface area contributed by atoms with E-state index in [1.807, 2.05) is 0 Å². The van der Waals surface area contributed by atoms with Crippen LogP contribution >= 0.6 is 0 Å². The SMILES string of the molecule is CCCNC(CCN1CC(C)C(C)C1)c1ccc(F)cn1. The fourth-order valence-corrected chi connectivity index (χ4v) is 3.01. The highest BCUT2D eigenvalue weighted by Crippen LogP contribution is 2.24. The molecule has 4 heteroatoms. The maximum atomic E-state index is 13.0. The van der Waals surface area contributed by atoms with Gasteiger partial charge in [-0.2, -0.15) is 0 Å². The number of hydrogen-bond acceptors (Lipinski definition) is 3. The first-order valence-electron chi connectivity index (χ1n) is 8.17. The van der Waals surface area contributed by atoms with Crippen LogP contribution in [0, 0.1) is 17.7 Å². The van der Waals surface area contributed by atoms with Crippen molar-refractivity contribution in [3.05, 3.63) is 29.8 Å². The number of likely N-dealkylation sites (tertiary alicyclic amines) is 1. The molecule has 3 atom stereocenters. The fourth-order valence-electron chi connectivity index (χ4n) is 3.01. The van der Waals surface area contributed by atoms with Crippen molar-refractivity contribution in [2.75, 3.05) is 26.2 Å². The number of nitrogens with one attached hydrogen (secondary N) is 1. The molecule has 1 aliphatic rings. The Hall–Kier alpha value is -1.00. The van der Waals surface area contributed by atoms with Crippen LogP contribution in [0.5, 0.6) is 0 Å². The molecule has 0 radical (unpaired) electrons. The molecule has 0 amide bonds. The summed E-state index contributed by atoms with van der Waals surface area (Å²) in [6.45, 7) is 11.3. The van der Waals surface area contributed by atoms with E-state index >= 15 is 0 Å². The second kappa shape index (κ2) is 7.85. The van der Waals surface area contributed by atoms with Crippen LogP contribution < -0.4 is 5.32 Å². The normalized spacial score (nSPS) is 24.4. The molecule has 1 N–H and O–H groups in total. The lowest BCUT2D eigenvalue weighted by Gasteiger charge is -2.22. The molecular weight excluding hydrogens is 265 g/mol. The van der Waals surface area contributed by atoms with Crippen molar-refractivity contribution in [3.8, 4) is 0 Å². The summed E-state index contributed by atoms with van der Waals surface area (Å²) in [5.74, 6) is 1.31. The second-order valence-electron chi connectivity index (χ2n) is 6.41. The molecule has 0 aromatic carbocycles. The second-order valence-corrected chi connectivity index (χ2v) is 6.41. The molecule has 0 saturated carbocycles. The Kier molecular flexibility index (Phi) is 6.12. The van der Waals surface area contributed by atoms with E-state index in [2.05, 4.69) is 36.0 Å². The minimum Gasteiger partial charge on any atom is -0.309 e. The quantitative estimate of drug-likeness (QED) is 0.836. The Morgan fingerprint density at radius 2 is 2.05 bits per heavy atom. The molecule has 1 saturated heterocycles. The molecule has 1 aromatic rings. The van der Waals surface area contributed by atoms with Crippen LogP contribution in [0.3, 0.4) is 0 Å². The summed E-state index contributed by atoms with van der Waals surface area (Å²) in [4.78, 5) is 6.79. The van der Waals surface area contributed by atoms with Gasteiger partial charge < -0.3 is 10.2 Å². The Morgan fingerprint density at radius 3 is 2.62 bits per heavy atom. The van der Waals surface area contributed by atoms with Gasteiger partial charge in [0.05, 0.1) is 17.9 Å². The largest absolute Gasteiger partial charge is 0.309 e. The molecule has 3 unspecified atom stereocenters. The lowest BCUT2D eigenvalue weighted by Crippen LogP contribution is -2.29. The van der Waals surface area contributed by atoms with Gasteiger partial charge in [-0.15, -0.1) is 0 Å². The first-order valence-corrected chi connectivity index (χ1v) is 8.17. The van der Waals surface area contributed by atoms with Crippen LogP contribution in [0.15, 0.2) is 18.3 Å². The molecule has 1 aromatic heterocycles. The zero-order valence-electron chi connectivity index (χ0n) is 13.5.